The summed E-state index contributed by atoms with van der Waals surface area (Å²) < 4.78 is 9.57. The number of aryl methyl sites for hydroxylation is 1. The van der Waals surface area contributed by atoms with Crippen molar-refractivity contribution in [3.05, 3.63) is 60.3 Å². The second kappa shape index (κ2) is 8.22. The van der Waals surface area contributed by atoms with Crippen LogP contribution in [0.15, 0.2) is 49.1 Å². The van der Waals surface area contributed by atoms with Crippen LogP contribution >= 0.6 is 0 Å². The standard InChI is InChI=1S/C22H22N8O2/c1-14-8-9-30(28-14)16-11-17-21(31)26-19-7-3-6-18(25-19)20-27-24-13-29(20)15(2)5-4-10-32-22(17)23-12-16/h3,6-9,11-13,15H,4-5,10H2,1-2H3,(H,25,26,31)/t15-/m0/s1. The summed E-state index contributed by atoms with van der Waals surface area (Å²) in [6.07, 6.45) is 6.79. The molecule has 5 heterocycles. The number of fused-ring (bicyclic) bond motifs is 5. The van der Waals surface area contributed by atoms with Crippen molar-refractivity contribution in [3.63, 3.8) is 0 Å². The highest BCUT2D eigenvalue weighted by molar-refractivity contribution is 6.05. The highest BCUT2D eigenvalue weighted by Gasteiger charge is 2.20. The summed E-state index contributed by atoms with van der Waals surface area (Å²) >= 11 is 0. The lowest BCUT2D eigenvalue weighted by molar-refractivity contribution is 0.102. The number of hydrogen-bond acceptors (Lipinski definition) is 7. The first-order valence-corrected chi connectivity index (χ1v) is 10.4. The van der Waals surface area contributed by atoms with Gasteiger partial charge in [0, 0.05) is 12.2 Å². The van der Waals surface area contributed by atoms with Crippen molar-refractivity contribution in [1.82, 2.24) is 34.5 Å². The molecule has 1 amide bonds. The van der Waals surface area contributed by atoms with Gasteiger partial charge in [0.2, 0.25) is 5.88 Å². The van der Waals surface area contributed by atoms with Crippen LogP contribution in [0.25, 0.3) is 17.2 Å². The van der Waals surface area contributed by atoms with Crippen LogP contribution in [0.1, 0.15) is 41.9 Å². The van der Waals surface area contributed by atoms with Gasteiger partial charge in [0.1, 0.15) is 23.4 Å². The van der Waals surface area contributed by atoms with E-state index in [2.05, 4.69) is 37.5 Å². The molecule has 4 aromatic rings. The molecule has 1 atom stereocenters. The fourth-order valence-electron chi connectivity index (χ4n) is 3.65. The molecule has 0 unspecified atom stereocenters. The van der Waals surface area contributed by atoms with Crippen LogP contribution in [0, 0.1) is 6.92 Å². The summed E-state index contributed by atoms with van der Waals surface area (Å²) in [5, 5.41) is 15.6. The Morgan fingerprint density at radius 2 is 2.16 bits per heavy atom. The SMILES string of the molecule is Cc1ccn(-c2cnc3c(c2)C(=O)Nc2cccc(n2)-c2nncn2[C@@H](C)CCCO3)n1. The van der Waals surface area contributed by atoms with E-state index in [4.69, 9.17) is 4.74 Å². The predicted molar refractivity (Wildman–Crippen MR) is 117 cm³/mol. The summed E-state index contributed by atoms with van der Waals surface area (Å²) in [5.41, 5.74) is 2.49. The second-order valence-corrected chi connectivity index (χ2v) is 7.71. The largest absolute Gasteiger partial charge is 0.477 e. The third-order valence-electron chi connectivity index (χ3n) is 5.34. The van der Waals surface area contributed by atoms with Crippen LogP contribution in [-0.2, 0) is 0 Å². The molecule has 10 nitrogen and oxygen atoms in total. The van der Waals surface area contributed by atoms with Crippen molar-refractivity contribution in [2.24, 2.45) is 0 Å². The lowest BCUT2D eigenvalue weighted by Crippen LogP contribution is -2.17. The molecule has 0 saturated heterocycles. The molecule has 32 heavy (non-hydrogen) atoms. The molecule has 0 radical (unpaired) electrons. The Kier molecular flexibility index (Phi) is 5.10. The Bertz CT molecular complexity index is 1280. The van der Waals surface area contributed by atoms with E-state index in [9.17, 15) is 4.79 Å². The van der Waals surface area contributed by atoms with E-state index < -0.39 is 0 Å². The van der Waals surface area contributed by atoms with Crippen LogP contribution in [0.4, 0.5) is 5.82 Å². The minimum atomic E-state index is -0.366. The Morgan fingerprint density at radius 3 is 3.00 bits per heavy atom. The molecule has 0 aromatic carbocycles. The van der Waals surface area contributed by atoms with Gasteiger partial charge >= 0.3 is 0 Å². The number of carbonyl (C=O) groups excluding carboxylic acids is 1. The average Bonchev–Trinajstić information content (AvgIpc) is 3.45. The van der Waals surface area contributed by atoms with E-state index in [1.165, 1.54) is 0 Å². The van der Waals surface area contributed by atoms with Gasteiger partial charge in [-0.2, -0.15) is 5.10 Å². The fourth-order valence-corrected chi connectivity index (χ4v) is 3.65. The number of anilines is 1. The first kappa shape index (κ1) is 19.9. The lowest BCUT2D eigenvalue weighted by Gasteiger charge is -2.17. The molecule has 2 bridgehead atoms. The smallest absolute Gasteiger partial charge is 0.262 e. The minimum absolute atomic E-state index is 0.157. The Morgan fingerprint density at radius 1 is 1.25 bits per heavy atom. The number of ether oxygens (including phenoxy) is 1. The molecule has 10 heteroatoms. The van der Waals surface area contributed by atoms with Crippen molar-refractivity contribution in [3.8, 4) is 23.1 Å². The van der Waals surface area contributed by atoms with Crippen molar-refractivity contribution in [2.45, 2.75) is 32.7 Å². The molecule has 1 aliphatic rings. The highest BCUT2D eigenvalue weighted by atomic mass is 16.5. The number of pyridine rings is 2. The quantitative estimate of drug-likeness (QED) is 0.493. The number of carbonyl (C=O) groups is 1. The monoisotopic (exact) mass is 430 g/mol. The van der Waals surface area contributed by atoms with E-state index in [-0.39, 0.29) is 17.8 Å². The van der Waals surface area contributed by atoms with E-state index >= 15 is 0 Å². The number of nitrogens with one attached hydrogen (secondary N) is 1. The number of nitrogens with zero attached hydrogens (tertiary/aromatic N) is 7. The molecular weight excluding hydrogens is 408 g/mol. The molecule has 0 spiro atoms. The van der Waals surface area contributed by atoms with Gasteiger partial charge in [0.15, 0.2) is 5.82 Å². The molecule has 0 fully saturated rings. The predicted octanol–water partition coefficient (Wildman–Crippen LogP) is 3.22. The van der Waals surface area contributed by atoms with Crippen LogP contribution in [0.3, 0.4) is 0 Å². The zero-order valence-electron chi connectivity index (χ0n) is 17.8. The third kappa shape index (κ3) is 3.82. The molecule has 1 aliphatic heterocycles. The Hall–Kier alpha value is -4.08. The number of aromatic nitrogens is 7. The maximum absolute atomic E-state index is 13.2. The summed E-state index contributed by atoms with van der Waals surface area (Å²) in [7, 11) is 0. The van der Waals surface area contributed by atoms with Gasteiger partial charge in [-0.1, -0.05) is 6.07 Å². The van der Waals surface area contributed by atoms with Gasteiger partial charge in [-0.15, -0.1) is 10.2 Å². The third-order valence-corrected chi connectivity index (χ3v) is 5.34. The van der Waals surface area contributed by atoms with Crippen LogP contribution in [-0.4, -0.2) is 47.0 Å². The molecule has 1 N–H and O–H groups in total. The fraction of sp³-hybridized carbons (Fsp3) is 0.273. The van der Waals surface area contributed by atoms with Gasteiger partial charge in [0.05, 0.1) is 24.2 Å². The highest BCUT2D eigenvalue weighted by Crippen LogP contribution is 2.25. The lowest BCUT2D eigenvalue weighted by atomic mass is 10.1. The summed E-state index contributed by atoms with van der Waals surface area (Å²) in [6, 6.07) is 9.17. The van der Waals surface area contributed by atoms with Crippen LogP contribution < -0.4 is 10.1 Å². The average molecular weight is 430 g/mol. The molecule has 5 rings (SSSR count). The van der Waals surface area contributed by atoms with Crippen molar-refractivity contribution >= 4 is 11.7 Å². The van der Waals surface area contributed by atoms with Crippen molar-refractivity contribution in [2.75, 3.05) is 11.9 Å². The first-order chi connectivity index (χ1) is 15.6. The molecular formula is C22H22N8O2. The summed E-state index contributed by atoms with van der Waals surface area (Å²) in [4.78, 5) is 22.2. The molecule has 4 aromatic heterocycles. The molecule has 0 saturated carbocycles. The van der Waals surface area contributed by atoms with Gasteiger partial charge in [-0.25, -0.2) is 14.6 Å². The van der Waals surface area contributed by atoms with E-state index in [0.29, 0.717) is 35.2 Å². The Balaban J connectivity index is 1.55. The summed E-state index contributed by atoms with van der Waals surface area (Å²) in [6.45, 7) is 4.44. The maximum Gasteiger partial charge on any atom is 0.262 e. The number of hydrogen-bond donors (Lipinski definition) is 1. The first-order valence-electron chi connectivity index (χ1n) is 10.4. The zero-order valence-corrected chi connectivity index (χ0v) is 17.8. The number of rotatable bonds is 1. The molecule has 162 valence electrons. The van der Waals surface area contributed by atoms with E-state index in [1.54, 1.807) is 29.3 Å². The topological polar surface area (TPSA) is 113 Å². The minimum Gasteiger partial charge on any atom is -0.477 e. The van der Waals surface area contributed by atoms with E-state index in [1.807, 2.05) is 35.9 Å². The van der Waals surface area contributed by atoms with Crippen LogP contribution in [0.2, 0.25) is 0 Å². The summed E-state index contributed by atoms with van der Waals surface area (Å²) in [5.74, 6) is 0.971. The van der Waals surface area contributed by atoms with Crippen LogP contribution in [0.5, 0.6) is 5.88 Å². The van der Waals surface area contributed by atoms with Gasteiger partial charge in [0.25, 0.3) is 5.91 Å². The van der Waals surface area contributed by atoms with Gasteiger partial charge in [-0.05, 0) is 51.0 Å². The van der Waals surface area contributed by atoms with E-state index in [0.717, 1.165) is 18.5 Å². The number of amides is 1. The normalized spacial score (nSPS) is 16.3. The second-order valence-electron chi connectivity index (χ2n) is 7.71. The Labute approximate surface area is 184 Å². The van der Waals surface area contributed by atoms with Gasteiger partial charge in [-0.3, -0.25) is 4.79 Å². The van der Waals surface area contributed by atoms with Crippen molar-refractivity contribution < 1.29 is 9.53 Å². The zero-order chi connectivity index (χ0) is 22.1. The maximum atomic E-state index is 13.2. The van der Waals surface area contributed by atoms with Gasteiger partial charge < -0.3 is 14.6 Å². The molecule has 0 aliphatic carbocycles. The van der Waals surface area contributed by atoms with Crippen molar-refractivity contribution in [1.29, 1.82) is 0 Å².